The summed E-state index contributed by atoms with van der Waals surface area (Å²) in [5.74, 6) is 0.923. The summed E-state index contributed by atoms with van der Waals surface area (Å²) in [5, 5.41) is 11.0. The minimum atomic E-state index is 0.226. The fourth-order valence-corrected chi connectivity index (χ4v) is 4.54. The van der Waals surface area contributed by atoms with Crippen molar-refractivity contribution in [1.29, 1.82) is 0 Å². The van der Waals surface area contributed by atoms with Crippen molar-refractivity contribution in [2.75, 3.05) is 32.8 Å². The Morgan fingerprint density at radius 1 is 1.07 bits per heavy atom. The summed E-state index contributed by atoms with van der Waals surface area (Å²) in [4.78, 5) is 8.64. The molecule has 3 aromatic rings. The number of H-pyrrole nitrogens is 1. The number of fused-ring (bicyclic) bond motifs is 1. The van der Waals surface area contributed by atoms with E-state index in [-0.39, 0.29) is 6.61 Å². The summed E-state index contributed by atoms with van der Waals surface area (Å²) in [5.41, 5.74) is 5.16. The molecule has 1 saturated heterocycles. The molecule has 160 valence electrons. The van der Waals surface area contributed by atoms with Crippen LogP contribution in [-0.2, 0) is 13.1 Å². The number of aromatic amines is 1. The summed E-state index contributed by atoms with van der Waals surface area (Å²) in [6.45, 7) is 10.00. The molecule has 1 atom stereocenters. The molecule has 0 bridgehead atoms. The third-order valence-electron chi connectivity index (χ3n) is 6.22. The smallest absolute Gasteiger partial charge is 0.119 e. The van der Waals surface area contributed by atoms with E-state index >= 15 is 0 Å². The number of aromatic nitrogens is 1. The van der Waals surface area contributed by atoms with Crippen LogP contribution in [0.5, 0.6) is 5.75 Å². The molecule has 1 aliphatic rings. The molecule has 1 aromatic heterocycles. The minimum absolute atomic E-state index is 0.226. The average Bonchev–Trinajstić information content (AvgIpc) is 3.07. The topological polar surface area (TPSA) is 51.7 Å². The molecule has 0 unspecified atom stereocenters. The van der Waals surface area contributed by atoms with E-state index in [1.54, 1.807) is 0 Å². The average molecular weight is 408 g/mol. The molecular weight excluding hydrogens is 374 g/mol. The highest BCUT2D eigenvalue weighted by molar-refractivity contribution is 5.84. The van der Waals surface area contributed by atoms with Gasteiger partial charge in [0.05, 0.1) is 6.61 Å². The third kappa shape index (κ3) is 4.69. The zero-order valence-corrected chi connectivity index (χ0v) is 18.1. The lowest BCUT2D eigenvalue weighted by Gasteiger charge is -2.41. The fraction of sp³-hybridized carbons (Fsp3) is 0.440. The van der Waals surface area contributed by atoms with E-state index in [1.807, 2.05) is 6.92 Å². The lowest BCUT2D eigenvalue weighted by molar-refractivity contribution is 0.0494. The Hall–Kier alpha value is -2.34. The molecular formula is C25H33N3O2. The molecule has 2 aromatic carbocycles. The van der Waals surface area contributed by atoms with E-state index in [2.05, 4.69) is 70.2 Å². The van der Waals surface area contributed by atoms with Gasteiger partial charge in [-0.2, -0.15) is 0 Å². The van der Waals surface area contributed by atoms with Crippen LogP contribution in [0.2, 0.25) is 0 Å². The first kappa shape index (κ1) is 20.9. The Morgan fingerprint density at radius 3 is 2.60 bits per heavy atom. The number of piperazine rings is 1. The molecule has 0 amide bonds. The quantitative estimate of drug-likeness (QED) is 0.594. The number of nitrogens with one attached hydrogen (secondary N) is 1. The van der Waals surface area contributed by atoms with Crippen LogP contribution in [0.1, 0.15) is 30.2 Å². The molecule has 5 nitrogen and oxygen atoms in total. The van der Waals surface area contributed by atoms with Gasteiger partial charge < -0.3 is 14.8 Å². The zero-order chi connectivity index (χ0) is 20.9. The second-order valence-corrected chi connectivity index (χ2v) is 8.22. The molecule has 30 heavy (non-hydrogen) atoms. The molecule has 1 aliphatic heterocycles. The molecule has 5 heteroatoms. The van der Waals surface area contributed by atoms with Crippen LogP contribution in [0, 0.1) is 6.92 Å². The van der Waals surface area contributed by atoms with Gasteiger partial charge in [-0.15, -0.1) is 0 Å². The highest BCUT2D eigenvalue weighted by Gasteiger charge is 2.27. The number of benzene rings is 2. The van der Waals surface area contributed by atoms with Crippen LogP contribution in [0.3, 0.4) is 0 Å². The van der Waals surface area contributed by atoms with Gasteiger partial charge in [0.1, 0.15) is 5.75 Å². The maximum atomic E-state index is 9.65. The van der Waals surface area contributed by atoms with E-state index in [0.29, 0.717) is 12.6 Å². The summed E-state index contributed by atoms with van der Waals surface area (Å²) in [6.07, 6.45) is 0.805. The second kappa shape index (κ2) is 9.65. The van der Waals surface area contributed by atoms with Crippen LogP contribution in [0.4, 0.5) is 0 Å². The van der Waals surface area contributed by atoms with Crippen LogP contribution >= 0.6 is 0 Å². The van der Waals surface area contributed by atoms with E-state index in [0.717, 1.165) is 44.9 Å². The number of hydrogen-bond donors (Lipinski definition) is 2. The summed E-state index contributed by atoms with van der Waals surface area (Å²) in [7, 11) is 0. The predicted molar refractivity (Wildman–Crippen MR) is 122 cm³/mol. The van der Waals surface area contributed by atoms with Gasteiger partial charge in [-0.05, 0) is 49.6 Å². The Kier molecular flexibility index (Phi) is 6.72. The maximum Gasteiger partial charge on any atom is 0.119 e. The van der Waals surface area contributed by atoms with Crippen molar-refractivity contribution in [3.63, 3.8) is 0 Å². The number of hydrogen-bond acceptors (Lipinski definition) is 4. The molecule has 0 aliphatic carbocycles. The minimum Gasteiger partial charge on any atom is -0.494 e. The summed E-state index contributed by atoms with van der Waals surface area (Å²) >= 11 is 0. The fourth-order valence-electron chi connectivity index (χ4n) is 4.54. The lowest BCUT2D eigenvalue weighted by Crippen LogP contribution is -2.52. The van der Waals surface area contributed by atoms with Gasteiger partial charge in [0.2, 0.25) is 0 Å². The van der Waals surface area contributed by atoms with Crippen molar-refractivity contribution in [2.45, 2.75) is 39.4 Å². The highest BCUT2D eigenvalue weighted by atomic mass is 16.5. The van der Waals surface area contributed by atoms with Gasteiger partial charge in [0, 0.05) is 62.0 Å². The Bertz CT molecular complexity index is 951. The number of para-hydroxylation sites is 1. The van der Waals surface area contributed by atoms with Crippen LogP contribution < -0.4 is 4.74 Å². The maximum absolute atomic E-state index is 9.65. The number of rotatable bonds is 8. The zero-order valence-electron chi connectivity index (χ0n) is 18.1. The van der Waals surface area contributed by atoms with Gasteiger partial charge in [-0.3, -0.25) is 9.80 Å². The van der Waals surface area contributed by atoms with Crippen molar-refractivity contribution < 1.29 is 9.84 Å². The van der Waals surface area contributed by atoms with Crippen molar-refractivity contribution in [2.24, 2.45) is 0 Å². The molecule has 0 radical (unpaired) electrons. The molecule has 0 saturated carbocycles. The van der Waals surface area contributed by atoms with Crippen LogP contribution in [0.25, 0.3) is 10.9 Å². The largest absolute Gasteiger partial charge is 0.494 e. The molecule has 2 N–H and O–H groups in total. The number of ether oxygens (including phenoxy) is 1. The number of aliphatic hydroxyl groups excluding tert-OH is 1. The van der Waals surface area contributed by atoms with Crippen LogP contribution in [-0.4, -0.2) is 58.8 Å². The molecule has 2 heterocycles. The lowest BCUT2D eigenvalue weighted by atomic mass is 10.1. The van der Waals surface area contributed by atoms with Gasteiger partial charge in [0.25, 0.3) is 0 Å². The Morgan fingerprint density at radius 2 is 1.87 bits per heavy atom. The number of nitrogens with zero attached hydrogens (tertiary/aromatic N) is 2. The van der Waals surface area contributed by atoms with E-state index < -0.39 is 0 Å². The van der Waals surface area contributed by atoms with Crippen molar-refractivity contribution in [3.05, 3.63) is 65.4 Å². The Balaban J connectivity index is 1.41. The van der Waals surface area contributed by atoms with Crippen molar-refractivity contribution in [3.8, 4) is 5.75 Å². The van der Waals surface area contributed by atoms with Crippen LogP contribution in [0.15, 0.2) is 48.5 Å². The monoisotopic (exact) mass is 407 g/mol. The summed E-state index contributed by atoms with van der Waals surface area (Å²) in [6, 6.07) is 17.3. The van der Waals surface area contributed by atoms with E-state index in [1.165, 1.54) is 27.7 Å². The molecule has 1 fully saturated rings. The second-order valence-electron chi connectivity index (χ2n) is 8.22. The SMILES string of the molecule is CCOc1ccc(CN2CCN(Cc3[nH]c4ccccc4c3C)C[C@@H]2CCO)cc1. The standard InChI is InChI=1S/C25H33N3O2/c1-3-30-22-10-8-20(9-11-22)16-28-14-13-27(17-21(28)12-15-29)18-25-19(2)23-6-4-5-7-24(23)26-25/h4-11,21,26,29H,3,12-18H2,1-2H3/t21-/m0/s1. The predicted octanol–water partition coefficient (Wildman–Crippen LogP) is 3.94. The number of aliphatic hydroxyl groups is 1. The first-order valence-corrected chi connectivity index (χ1v) is 11.0. The Labute approximate surface area is 179 Å². The number of aryl methyl sites for hydroxylation is 1. The first-order valence-electron chi connectivity index (χ1n) is 11.0. The molecule has 0 spiro atoms. The van der Waals surface area contributed by atoms with Gasteiger partial charge in [-0.25, -0.2) is 0 Å². The van der Waals surface area contributed by atoms with E-state index in [9.17, 15) is 5.11 Å². The first-order chi connectivity index (χ1) is 14.7. The van der Waals surface area contributed by atoms with Crippen molar-refractivity contribution >= 4 is 10.9 Å². The molecule has 4 rings (SSSR count). The highest BCUT2D eigenvalue weighted by Crippen LogP contribution is 2.24. The van der Waals surface area contributed by atoms with E-state index in [4.69, 9.17) is 4.74 Å². The van der Waals surface area contributed by atoms with Gasteiger partial charge in [-0.1, -0.05) is 30.3 Å². The van der Waals surface area contributed by atoms with Crippen molar-refractivity contribution in [1.82, 2.24) is 14.8 Å². The van der Waals surface area contributed by atoms with Gasteiger partial charge >= 0.3 is 0 Å². The summed E-state index contributed by atoms with van der Waals surface area (Å²) < 4.78 is 5.56. The normalized spacial score (nSPS) is 18.2. The third-order valence-corrected chi connectivity index (χ3v) is 6.22. The van der Waals surface area contributed by atoms with Gasteiger partial charge in [0.15, 0.2) is 0 Å².